The Morgan fingerprint density at radius 3 is 2.94 bits per heavy atom. The molecule has 1 N–H and O–H groups in total. The molecule has 0 aliphatic carbocycles. The van der Waals surface area contributed by atoms with Gasteiger partial charge in [0.25, 0.3) is 0 Å². The minimum Gasteiger partial charge on any atom is -0.469 e. The van der Waals surface area contributed by atoms with Crippen molar-refractivity contribution in [2.45, 2.75) is 25.8 Å². The summed E-state index contributed by atoms with van der Waals surface area (Å²) in [4.78, 5) is 0. The van der Waals surface area contributed by atoms with Gasteiger partial charge >= 0.3 is 0 Å². The fourth-order valence-corrected chi connectivity index (χ4v) is 2.12. The number of rotatable bonds is 5. The molecule has 18 heavy (non-hydrogen) atoms. The van der Waals surface area contributed by atoms with Crippen LogP contribution in [-0.2, 0) is 6.42 Å². The first-order chi connectivity index (χ1) is 8.65. The van der Waals surface area contributed by atoms with E-state index in [4.69, 9.17) is 4.42 Å². The summed E-state index contributed by atoms with van der Waals surface area (Å²) in [6.45, 7) is 2.07. The minimum absolute atomic E-state index is 0.237. The van der Waals surface area contributed by atoms with Gasteiger partial charge in [0.15, 0.2) is 0 Å². The van der Waals surface area contributed by atoms with E-state index in [1.807, 2.05) is 12.1 Å². The smallest absolute Gasteiger partial charge is 0.125 e. The molecule has 1 aromatic heterocycles. The van der Waals surface area contributed by atoms with Gasteiger partial charge in [-0.25, -0.2) is 4.39 Å². The number of hydrogen-bond donors (Lipinski definition) is 1. The highest BCUT2D eigenvalue weighted by molar-refractivity contribution is 9.10. The maximum atomic E-state index is 13.1. The van der Waals surface area contributed by atoms with Crippen LogP contribution in [0, 0.1) is 5.82 Å². The van der Waals surface area contributed by atoms with Crippen LogP contribution in [0.4, 0.5) is 10.1 Å². The van der Waals surface area contributed by atoms with Gasteiger partial charge in [-0.05, 0) is 59.6 Å². The number of halogens is 2. The molecule has 2 rings (SSSR count). The fourth-order valence-electron chi connectivity index (χ4n) is 1.76. The third-order valence-corrected chi connectivity index (χ3v) is 3.43. The molecule has 0 amide bonds. The summed E-state index contributed by atoms with van der Waals surface area (Å²) < 4.78 is 19.3. The van der Waals surface area contributed by atoms with Crippen molar-refractivity contribution in [3.8, 4) is 0 Å². The van der Waals surface area contributed by atoms with Gasteiger partial charge in [0.2, 0.25) is 0 Å². The lowest BCUT2D eigenvalue weighted by Gasteiger charge is -2.16. The predicted octanol–water partition coefficient (Wildman–Crippen LogP) is 4.61. The number of aryl methyl sites for hydroxylation is 1. The Morgan fingerprint density at radius 1 is 1.39 bits per heavy atom. The predicted molar refractivity (Wildman–Crippen MR) is 74.2 cm³/mol. The molecule has 0 aliphatic rings. The van der Waals surface area contributed by atoms with E-state index in [9.17, 15) is 4.39 Å². The first-order valence-electron chi connectivity index (χ1n) is 5.89. The Bertz CT molecular complexity index is 499. The van der Waals surface area contributed by atoms with E-state index in [-0.39, 0.29) is 11.9 Å². The third kappa shape index (κ3) is 3.60. The molecule has 2 aromatic rings. The molecule has 4 heteroatoms. The van der Waals surface area contributed by atoms with Crippen molar-refractivity contribution in [1.82, 2.24) is 0 Å². The molecular weight excluding hydrogens is 297 g/mol. The molecule has 0 bridgehead atoms. The molecule has 1 atom stereocenters. The van der Waals surface area contributed by atoms with Crippen LogP contribution in [0.5, 0.6) is 0 Å². The van der Waals surface area contributed by atoms with Gasteiger partial charge in [-0.1, -0.05) is 0 Å². The fraction of sp³-hybridized carbons (Fsp3) is 0.286. The standard InChI is InChI=1S/C14H15BrFNO/c1-10(4-6-12-3-2-8-18-12)17-14-9-11(16)5-7-13(14)15/h2-3,5,7-10,17H,4,6H2,1H3. The molecule has 0 saturated heterocycles. The molecule has 2 nitrogen and oxygen atoms in total. The topological polar surface area (TPSA) is 25.2 Å². The van der Waals surface area contributed by atoms with Gasteiger partial charge in [-0.2, -0.15) is 0 Å². The first kappa shape index (κ1) is 13.1. The lowest BCUT2D eigenvalue weighted by atomic mass is 10.1. The quantitative estimate of drug-likeness (QED) is 0.872. The van der Waals surface area contributed by atoms with Crippen molar-refractivity contribution in [2.24, 2.45) is 0 Å². The van der Waals surface area contributed by atoms with Crippen molar-refractivity contribution in [1.29, 1.82) is 0 Å². The maximum absolute atomic E-state index is 13.1. The second-order valence-corrected chi connectivity index (χ2v) is 5.14. The van der Waals surface area contributed by atoms with Gasteiger partial charge in [-0.15, -0.1) is 0 Å². The molecule has 1 unspecified atom stereocenters. The average Bonchev–Trinajstić information content (AvgIpc) is 2.84. The summed E-state index contributed by atoms with van der Waals surface area (Å²) in [6, 6.07) is 8.72. The van der Waals surface area contributed by atoms with Crippen LogP contribution in [0.1, 0.15) is 19.1 Å². The summed E-state index contributed by atoms with van der Waals surface area (Å²) in [5.74, 6) is 0.737. The van der Waals surface area contributed by atoms with Crippen LogP contribution in [0.15, 0.2) is 45.5 Å². The molecule has 0 spiro atoms. The van der Waals surface area contributed by atoms with Gasteiger partial charge in [-0.3, -0.25) is 0 Å². The highest BCUT2D eigenvalue weighted by Crippen LogP contribution is 2.24. The zero-order valence-electron chi connectivity index (χ0n) is 10.1. The monoisotopic (exact) mass is 311 g/mol. The molecule has 1 heterocycles. The van der Waals surface area contributed by atoms with E-state index < -0.39 is 0 Å². The maximum Gasteiger partial charge on any atom is 0.125 e. The SMILES string of the molecule is CC(CCc1ccco1)Nc1cc(F)ccc1Br. The number of benzene rings is 1. The normalized spacial score (nSPS) is 12.4. The summed E-state index contributed by atoms with van der Waals surface area (Å²) in [5, 5.41) is 3.28. The third-order valence-electron chi connectivity index (χ3n) is 2.73. The summed E-state index contributed by atoms with van der Waals surface area (Å²) in [5.41, 5.74) is 0.780. The lowest BCUT2D eigenvalue weighted by molar-refractivity contribution is 0.495. The number of hydrogen-bond acceptors (Lipinski definition) is 2. The molecule has 1 aromatic carbocycles. The van der Waals surface area contributed by atoms with Crippen LogP contribution in [0.2, 0.25) is 0 Å². The van der Waals surface area contributed by atoms with Crippen LogP contribution in [-0.4, -0.2) is 6.04 Å². The lowest BCUT2D eigenvalue weighted by Crippen LogP contribution is -2.16. The second kappa shape index (κ2) is 6.05. The number of furan rings is 1. The zero-order valence-corrected chi connectivity index (χ0v) is 11.7. The van der Waals surface area contributed by atoms with Crippen molar-refractivity contribution in [3.05, 3.63) is 52.6 Å². The molecule has 0 radical (unpaired) electrons. The second-order valence-electron chi connectivity index (χ2n) is 4.29. The Labute approximate surface area is 114 Å². The van der Waals surface area contributed by atoms with Gasteiger partial charge in [0.05, 0.1) is 12.0 Å². The van der Waals surface area contributed by atoms with E-state index in [0.717, 1.165) is 28.8 Å². The Balaban J connectivity index is 1.90. The van der Waals surface area contributed by atoms with Crippen molar-refractivity contribution in [3.63, 3.8) is 0 Å². The zero-order chi connectivity index (χ0) is 13.0. The van der Waals surface area contributed by atoms with Gasteiger partial charge in [0, 0.05) is 16.9 Å². The Morgan fingerprint density at radius 2 is 2.22 bits per heavy atom. The van der Waals surface area contributed by atoms with E-state index in [1.54, 1.807) is 12.3 Å². The van der Waals surface area contributed by atoms with Crippen LogP contribution in [0.25, 0.3) is 0 Å². The molecule has 0 fully saturated rings. The van der Waals surface area contributed by atoms with Crippen molar-refractivity contribution in [2.75, 3.05) is 5.32 Å². The van der Waals surface area contributed by atoms with Crippen molar-refractivity contribution >= 4 is 21.6 Å². The minimum atomic E-state index is -0.237. The Hall–Kier alpha value is -1.29. The van der Waals surface area contributed by atoms with E-state index >= 15 is 0 Å². The summed E-state index contributed by atoms with van der Waals surface area (Å²) >= 11 is 3.40. The summed E-state index contributed by atoms with van der Waals surface area (Å²) in [7, 11) is 0. The van der Waals surface area contributed by atoms with E-state index in [2.05, 4.69) is 28.2 Å². The van der Waals surface area contributed by atoms with Gasteiger partial charge in [0.1, 0.15) is 11.6 Å². The van der Waals surface area contributed by atoms with E-state index in [0.29, 0.717) is 0 Å². The highest BCUT2D eigenvalue weighted by atomic mass is 79.9. The van der Waals surface area contributed by atoms with E-state index in [1.165, 1.54) is 12.1 Å². The van der Waals surface area contributed by atoms with Crippen molar-refractivity contribution < 1.29 is 8.81 Å². The molecule has 0 aliphatic heterocycles. The average molecular weight is 312 g/mol. The van der Waals surface area contributed by atoms with Crippen LogP contribution in [0.3, 0.4) is 0 Å². The van der Waals surface area contributed by atoms with Gasteiger partial charge < -0.3 is 9.73 Å². The Kier molecular flexibility index (Phi) is 4.42. The largest absolute Gasteiger partial charge is 0.469 e. The summed E-state index contributed by atoms with van der Waals surface area (Å²) in [6.07, 6.45) is 3.47. The number of nitrogens with one attached hydrogen (secondary N) is 1. The number of anilines is 1. The van der Waals surface area contributed by atoms with Crippen LogP contribution >= 0.6 is 15.9 Å². The molecule has 96 valence electrons. The molecular formula is C14H15BrFNO. The first-order valence-corrected chi connectivity index (χ1v) is 6.68. The highest BCUT2D eigenvalue weighted by Gasteiger charge is 2.07. The van der Waals surface area contributed by atoms with Crippen LogP contribution < -0.4 is 5.32 Å². The molecule has 0 saturated carbocycles.